The average molecular weight is 527 g/mol. The van der Waals surface area contributed by atoms with Gasteiger partial charge < -0.3 is 28.2 Å². The van der Waals surface area contributed by atoms with Crippen molar-refractivity contribution in [2.75, 3.05) is 14.2 Å². The highest BCUT2D eigenvalue weighted by atomic mass is 16.5. The van der Waals surface area contributed by atoms with Crippen LogP contribution < -0.4 is 20.6 Å². The summed E-state index contributed by atoms with van der Waals surface area (Å²) < 4.78 is 15.3. The fourth-order valence-corrected chi connectivity index (χ4v) is 4.06. The van der Waals surface area contributed by atoms with E-state index < -0.39 is 0 Å². The topological polar surface area (TPSA) is 135 Å². The second-order valence-electron chi connectivity index (χ2n) is 8.68. The fraction of sp³-hybridized carbons (Fsp3) is 0.185. The molecule has 198 valence electrons. The van der Waals surface area contributed by atoms with Gasteiger partial charge in [-0.2, -0.15) is 0 Å². The summed E-state index contributed by atoms with van der Waals surface area (Å²) in [5, 5.41) is 0. The van der Waals surface area contributed by atoms with Gasteiger partial charge in [0.1, 0.15) is 11.5 Å². The lowest BCUT2D eigenvalue weighted by atomic mass is 10.2. The SMILES string of the molecule is COc1ccc(Cn2cnc3nc[nH]c(=O)c32)cc1.COc1ccc(Cn2cnc3ncn(C)c(=O)c32)cc1. The Morgan fingerprint density at radius 2 is 1.18 bits per heavy atom. The molecule has 6 aromatic rings. The van der Waals surface area contributed by atoms with Crippen molar-refractivity contribution in [1.82, 2.24) is 38.6 Å². The number of rotatable bonds is 6. The van der Waals surface area contributed by atoms with Crippen LogP contribution >= 0.6 is 0 Å². The summed E-state index contributed by atoms with van der Waals surface area (Å²) in [6.07, 6.45) is 6.10. The number of aromatic nitrogens is 8. The molecule has 0 saturated carbocycles. The zero-order chi connectivity index (χ0) is 27.4. The minimum atomic E-state index is -0.184. The molecule has 0 fully saturated rings. The summed E-state index contributed by atoms with van der Waals surface area (Å²) in [4.78, 5) is 42.9. The van der Waals surface area contributed by atoms with E-state index in [1.807, 2.05) is 53.1 Å². The molecule has 12 nitrogen and oxygen atoms in total. The van der Waals surface area contributed by atoms with Crippen molar-refractivity contribution in [3.63, 3.8) is 0 Å². The Hall–Kier alpha value is -5.26. The Morgan fingerprint density at radius 3 is 1.72 bits per heavy atom. The van der Waals surface area contributed by atoms with Gasteiger partial charge in [-0.3, -0.25) is 9.59 Å². The summed E-state index contributed by atoms with van der Waals surface area (Å²) in [6.45, 7) is 1.14. The predicted octanol–water partition coefficient (Wildman–Crippen LogP) is 2.36. The number of hydrogen-bond donors (Lipinski definition) is 1. The number of methoxy groups -OCH3 is 2. The lowest BCUT2D eigenvalue weighted by Gasteiger charge is -2.06. The number of nitrogens with zero attached hydrogens (tertiary/aromatic N) is 7. The monoisotopic (exact) mass is 526 g/mol. The summed E-state index contributed by atoms with van der Waals surface area (Å²) in [5.74, 6) is 1.61. The smallest absolute Gasteiger partial charge is 0.279 e. The maximum Gasteiger partial charge on any atom is 0.279 e. The largest absolute Gasteiger partial charge is 0.497 e. The molecule has 0 atom stereocenters. The first-order chi connectivity index (χ1) is 19.0. The van der Waals surface area contributed by atoms with Crippen molar-refractivity contribution >= 4 is 22.3 Å². The van der Waals surface area contributed by atoms with Crippen LogP contribution in [0.5, 0.6) is 11.5 Å². The molecule has 4 aromatic heterocycles. The lowest BCUT2D eigenvalue weighted by Crippen LogP contribution is -2.19. The highest BCUT2D eigenvalue weighted by Gasteiger charge is 2.10. The summed E-state index contributed by atoms with van der Waals surface area (Å²) >= 11 is 0. The molecular formula is C27H26N8O4. The number of nitrogens with one attached hydrogen (secondary N) is 1. The highest BCUT2D eigenvalue weighted by molar-refractivity contribution is 5.69. The second-order valence-corrected chi connectivity index (χ2v) is 8.68. The predicted molar refractivity (Wildman–Crippen MR) is 145 cm³/mol. The minimum absolute atomic E-state index is 0.0963. The van der Waals surface area contributed by atoms with Gasteiger partial charge in [0, 0.05) is 20.1 Å². The molecule has 39 heavy (non-hydrogen) atoms. The Kier molecular flexibility index (Phi) is 7.17. The molecule has 0 aliphatic rings. The van der Waals surface area contributed by atoms with Crippen LogP contribution in [-0.2, 0) is 20.1 Å². The number of aryl methyl sites for hydroxylation is 1. The van der Waals surface area contributed by atoms with Crippen LogP contribution in [0.15, 0.2) is 83.4 Å². The summed E-state index contributed by atoms with van der Waals surface area (Å²) in [5.41, 5.74) is 3.78. The Balaban J connectivity index is 0.000000158. The first-order valence-electron chi connectivity index (χ1n) is 12.0. The second kappa shape index (κ2) is 11.0. The lowest BCUT2D eigenvalue weighted by molar-refractivity contribution is 0.414. The molecule has 1 N–H and O–H groups in total. The Bertz CT molecular complexity index is 1830. The number of fused-ring (bicyclic) bond motifs is 2. The highest BCUT2D eigenvalue weighted by Crippen LogP contribution is 2.15. The number of aromatic amines is 1. The van der Waals surface area contributed by atoms with Gasteiger partial charge in [0.2, 0.25) is 0 Å². The molecule has 0 radical (unpaired) electrons. The molecule has 0 spiro atoms. The number of imidazole rings is 2. The Labute approximate surface area is 222 Å². The zero-order valence-electron chi connectivity index (χ0n) is 21.6. The van der Waals surface area contributed by atoms with Crippen molar-refractivity contribution in [2.24, 2.45) is 7.05 Å². The number of benzene rings is 2. The average Bonchev–Trinajstić information content (AvgIpc) is 3.57. The maximum absolute atomic E-state index is 12.1. The van der Waals surface area contributed by atoms with Crippen molar-refractivity contribution in [1.29, 1.82) is 0 Å². The molecule has 2 aromatic carbocycles. The molecule has 0 bridgehead atoms. The molecular weight excluding hydrogens is 500 g/mol. The van der Waals surface area contributed by atoms with Crippen molar-refractivity contribution in [3.8, 4) is 11.5 Å². The van der Waals surface area contributed by atoms with Crippen LogP contribution in [0.4, 0.5) is 0 Å². The van der Waals surface area contributed by atoms with Crippen LogP contribution in [0.3, 0.4) is 0 Å². The maximum atomic E-state index is 12.1. The van der Waals surface area contributed by atoms with E-state index in [0.29, 0.717) is 35.4 Å². The third-order valence-corrected chi connectivity index (χ3v) is 6.13. The van der Waals surface area contributed by atoms with Gasteiger partial charge >= 0.3 is 0 Å². The summed E-state index contributed by atoms with van der Waals surface area (Å²) in [6, 6.07) is 15.4. The van der Waals surface area contributed by atoms with Crippen LogP contribution in [0, 0.1) is 0 Å². The van der Waals surface area contributed by atoms with Gasteiger partial charge in [-0.05, 0) is 35.4 Å². The number of ether oxygens (including phenoxy) is 2. The standard InChI is InChI=1S/C14H14N4O2.C13H12N4O2/c1-17-8-15-13-12(14(17)19)18(9-16-13)7-10-3-5-11(20-2)6-4-10;1-19-10-4-2-9(3-5-10)6-17-8-16-12-11(17)13(18)15-7-14-12/h3-6,8-9H,7H2,1-2H3;2-5,7-8H,6H2,1H3,(H,14,15,18). The number of hydrogen-bond acceptors (Lipinski definition) is 8. The van der Waals surface area contributed by atoms with Gasteiger partial charge in [0.25, 0.3) is 11.1 Å². The molecule has 6 rings (SSSR count). The summed E-state index contributed by atoms with van der Waals surface area (Å²) in [7, 11) is 4.94. The number of H-pyrrole nitrogens is 1. The first-order valence-corrected chi connectivity index (χ1v) is 12.0. The van der Waals surface area contributed by atoms with Gasteiger partial charge in [-0.15, -0.1) is 0 Å². The van der Waals surface area contributed by atoms with Crippen molar-refractivity contribution < 1.29 is 9.47 Å². The van der Waals surface area contributed by atoms with Crippen molar-refractivity contribution in [3.05, 3.63) is 106 Å². The molecule has 0 amide bonds. The molecule has 12 heteroatoms. The minimum Gasteiger partial charge on any atom is -0.497 e. The van der Waals surface area contributed by atoms with E-state index in [-0.39, 0.29) is 11.1 Å². The van der Waals surface area contributed by atoms with E-state index in [4.69, 9.17) is 9.47 Å². The van der Waals surface area contributed by atoms with E-state index in [1.54, 1.807) is 38.5 Å². The van der Waals surface area contributed by atoms with E-state index in [0.717, 1.165) is 22.6 Å². The Morgan fingerprint density at radius 1 is 0.692 bits per heavy atom. The van der Waals surface area contributed by atoms with Gasteiger partial charge in [-0.1, -0.05) is 24.3 Å². The van der Waals surface area contributed by atoms with Crippen molar-refractivity contribution in [2.45, 2.75) is 13.1 Å². The normalized spacial score (nSPS) is 10.8. The van der Waals surface area contributed by atoms with E-state index in [1.165, 1.54) is 17.2 Å². The fourth-order valence-electron chi connectivity index (χ4n) is 4.06. The molecule has 4 heterocycles. The molecule has 0 aliphatic heterocycles. The van der Waals surface area contributed by atoms with Gasteiger partial charge in [0.15, 0.2) is 22.3 Å². The third-order valence-electron chi connectivity index (χ3n) is 6.13. The van der Waals surface area contributed by atoms with Crippen LogP contribution in [0.2, 0.25) is 0 Å². The molecule has 0 saturated heterocycles. The van der Waals surface area contributed by atoms with Crippen LogP contribution in [-0.4, -0.2) is 52.8 Å². The van der Waals surface area contributed by atoms with Crippen LogP contribution in [0.25, 0.3) is 22.3 Å². The zero-order valence-corrected chi connectivity index (χ0v) is 21.6. The third kappa shape index (κ3) is 5.39. The van der Waals surface area contributed by atoms with Gasteiger partial charge in [-0.25, -0.2) is 19.9 Å². The first kappa shape index (κ1) is 25.4. The van der Waals surface area contributed by atoms with Gasteiger partial charge in [0.05, 0.1) is 39.5 Å². The molecule has 0 unspecified atom stereocenters. The molecule has 0 aliphatic carbocycles. The van der Waals surface area contributed by atoms with E-state index in [9.17, 15) is 9.59 Å². The quantitative estimate of drug-likeness (QED) is 0.350. The van der Waals surface area contributed by atoms with E-state index in [2.05, 4.69) is 24.9 Å². The van der Waals surface area contributed by atoms with Crippen LogP contribution in [0.1, 0.15) is 11.1 Å². The van der Waals surface area contributed by atoms with E-state index >= 15 is 0 Å².